The lowest BCUT2D eigenvalue weighted by atomic mass is 10.1. The van der Waals surface area contributed by atoms with Crippen LogP contribution in [0.15, 0.2) is 71.4 Å². The molecule has 0 unspecified atom stereocenters. The van der Waals surface area contributed by atoms with Gasteiger partial charge in [-0.15, -0.1) is 0 Å². The second-order valence-corrected chi connectivity index (χ2v) is 7.32. The van der Waals surface area contributed by atoms with E-state index in [0.29, 0.717) is 42.7 Å². The molecule has 3 heterocycles. The molecule has 8 nitrogen and oxygen atoms in total. The number of nitrogens with zero attached hydrogens (tertiary/aromatic N) is 5. The summed E-state index contributed by atoms with van der Waals surface area (Å²) in [6.45, 7) is 2.96. The molecule has 31 heavy (non-hydrogen) atoms. The van der Waals surface area contributed by atoms with Crippen molar-refractivity contribution in [2.24, 2.45) is 0 Å². The van der Waals surface area contributed by atoms with Gasteiger partial charge in [0.2, 0.25) is 11.7 Å². The molecule has 1 atom stereocenters. The Morgan fingerprint density at radius 2 is 1.81 bits per heavy atom. The summed E-state index contributed by atoms with van der Waals surface area (Å²) < 4.78 is 12.6. The van der Waals surface area contributed by atoms with E-state index in [9.17, 15) is 4.79 Å². The van der Waals surface area contributed by atoms with Crippen LogP contribution in [0, 0.1) is 6.92 Å². The smallest absolute Gasteiger partial charge is 0.257 e. The van der Waals surface area contributed by atoms with Crippen molar-refractivity contribution >= 4 is 5.91 Å². The van der Waals surface area contributed by atoms with Crippen molar-refractivity contribution in [1.29, 1.82) is 0 Å². The average molecular weight is 415 g/mol. The number of hydrogen-bond donors (Lipinski definition) is 0. The van der Waals surface area contributed by atoms with E-state index in [1.807, 2.05) is 60.7 Å². The minimum Gasteiger partial charge on any atom is -0.366 e. The molecule has 0 bridgehead atoms. The maximum absolute atomic E-state index is 13.6. The van der Waals surface area contributed by atoms with E-state index in [-0.39, 0.29) is 5.91 Å². The van der Waals surface area contributed by atoms with Crippen LogP contribution in [0.1, 0.15) is 28.2 Å². The van der Waals surface area contributed by atoms with Gasteiger partial charge in [-0.1, -0.05) is 53.7 Å². The lowest BCUT2D eigenvalue weighted by Crippen LogP contribution is -2.42. The Morgan fingerprint density at radius 3 is 2.52 bits per heavy atom. The van der Waals surface area contributed by atoms with Crippen LogP contribution in [0.4, 0.5) is 0 Å². The van der Waals surface area contributed by atoms with Crippen LogP contribution in [0.3, 0.4) is 0 Å². The van der Waals surface area contributed by atoms with Crippen LogP contribution in [0.2, 0.25) is 0 Å². The molecule has 0 radical (unpaired) electrons. The summed E-state index contributed by atoms with van der Waals surface area (Å²) in [4.78, 5) is 19.6. The minimum absolute atomic E-state index is 0.102. The fraction of sp³-hybridized carbons (Fsp3) is 0.217. The van der Waals surface area contributed by atoms with Crippen molar-refractivity contribution in [2.75, 3.05) is 19.7 Å². The van der Waals surface area contributed by atoms with Gasteiger partial charge in [0.15, 0.2) is 0 Å². The van der Waals surface area contributed by atoms with Gasteiger partial charge in [-0.3, -0.25) is 4.79 Å². The molecule has 156 valence electrons. The molecule has 1 aliphatic rings. The summed E-state index contributed by atoms with van der Waals surface area (Å²) >= 11 is 0. The molecule has 2 aromatic heterocycles. The number of amides is 1. The zero-order valence-corrected chi connectivity index (χ0v) is 17.0. The van der Waals surface area contributed by atoms with Crippen molar-refractivity contribution < 1.29 is 14.1 Å². The first-order valence-electron chi connectivity index (χ1n) is 10.1. The van der Waals surface area contributed by atoms with Gasteiger partial charge in [0.05, 0.1) is 24.4 Å². The van der Waals surface area contributed by atoms with Crippen molar-refractivity contribution in [3.8, 4) is 16.9 Å². The monoisotopic (exact) mass is 415 g/mol. The Bertz CT molecular complexity index is 1190. The third-order valence-electron chi connectivity index (χ3n) is 5.20. The molecule has 5 rings (SSSR count). The summed E-state index contributed by atoms with van der Waals surface area (Å²) in [5, 5.41) is 8.69. The molecule has 2 aromatic carbocycles. The number of ether oxygens (including phenoxy) is 1. The van der Waals surface area contributed by atoms with Gasteiger partial charge in [-0.2, -0.15) is 10.1 Å². The Hall–Kier alpha value is -3.78. The van der Waals surface area contributed by atoms with Gasteiger partial charge in [0.25, 0.3) is 5.91 Å². The van der Waals surface area contributed by atoms with Gasteiger partial charge >= 0.3 is 0 Å². The van der Waals surface area contributed by atoms with Crippen molar-refractivity contribution in [2.45, 2.75) is 13.0 Å². The normalized spacial score (nSPS) is 16.4. The standard InChI is InChI=1S/C23H21N5O3/c1-16-24-22(26-31-16)20-15-27(12-13-30-20)23(29)19-14-28(18-10-6-3-7-11-18)25-21(19)17-8-4-2-5-9-17/h2-11,14,20H,12-13,15H2,1H3/t20-/m1/s1. The molecule has 0 N–H and O–H groups in total. The molecule has 1 saturated heterocycles. The molecular weight excluding hydrogens is 394 g/mol. The number of morpholine rings is 1. The Labute approximate surface area is 179 Å². The minimum atomic E-state index is -0.417. The molecule has 0 aliphatic carbocycles. The summed E-state index contributed by atoms with van der Waals surface area (Å²) in [5.74, 6) is 0.824. The highest BCUT2D eigenvalue weighted by Gasteiger charge is 2.31. The van der Waals surface area contributed by atoms with Crippen LogP contribution in [0.25, 0.3) is 16.9 Å². The van der Waals surface area contributed by atoms with E-state index in [0.717, 1.165) is 11.3 Å². The fourth-order valence-corrected chi connectivity index (χ4v) is 3.66. The Balaban J connectivity index is 1.49. The predicted molar refractivity (Wildman–Crippen MR) is 113 cm³/mol. The van der Waals surface area contributed by atoms with E-state index in [2.05, 4.69) is 10.1 Å². The molecule has 1 aliphatic heterocycles. The summed E-state index contributed by atoms with van der Waals surface area (Å²) in [5.41, 5.74) is 2.97. The zero-order chi connectivity index (χ0) is 21.2. The topological polar surface area (TPSA) is 86.3 Å². The summed E-state index contributed by atoms with van der Waals surface area (Å²) in [6, 6.07) is 19.5. The maximum Gasteiger partial charge on any atom is 0.257 e. The number of aromatic nitrogens is 4. The van der Waals surface area contributed by atoms with Crippen LogP contribution in [0.5, 0.6) is 0 Å². The third kappa shape index (κ3) is 3.85. The highest BCUT2D eigenvalue weighted by atomic mass is 16.5. The van der Waals surface area contributed by atoms with Gasteiger partial charge in [0.1, 0.15) is 11.8 Å². The lowest BCUT2D eigenvalue weighted by Gasteiger charge is -2.31. The fourth-order valence-electron chi connectivity index (χ4n) is 3.66. The van der Waals surface area contributed by atoms with Crippen molar-refractivity contribution in [1.82, 2.24) is 24.8 Å². The number of hydrogen-bond acceptors (Lipinski definition) is 6. The van der Waals surface area contributed by atoms with E-state index in [1.165, 1.54) is 0 Å². The first kappa shape index (κ1) is 19.2. The zero-order valence-electron chi connectivity index (χ0n) is 17.0. The van der Waals surface area contributed by atoms with Crippen LogP contribution < -0.4 is 0 Å². The first-order chi connectivity index (χ1) is 15.2. The number of carbonyl (C=O) groups excluding carboxylic acids is 1. The largest absolute Gasteiger partial charge is 0.366 e. The van der Waals surface area contributed by atoms with Gasteiger partial charge < -0.3 is 14.2 Å². The highest BCUT2D eigenvalue weighted by Crippen LogP contribution is 2.27. The van der Waals surface area contributed by atoms with Crippen LogP contribution in [-0.2, 0) is 4.74 Å². The van der Waals surface area contributed by atoms with Crippen molar-refractivity contribution in [3.63, 3.8) is 0 Å². The second-order valence-electron chi connectivity index (χ2n) is 7.32. The number of rotatable bonds is 4. The Morgan fingerprint density at radius 1 is 1.06 bits per heavy atom. The average Bonchev–Trinajstić information content (AvgIpc) is 3.47. The highest BCUT2D eigenvalue weighted by molar-refractivity contribution is 6.00. The van der Waals surface area contributed by atoms with Gasteiger partial charge in [0, 0.05) is 25.2 Å². The molecule has 0 saturated carbocycles. The first-order valence-corrected chi connectivity index (χ1v) is 10.1. The molecular formula is C23H21N5O3. The van der Waals surface area contributed by atoms with Gasteiger partial charge in [-0.25, -0.2) is 4.68 Å². The van der Waals surface area contributed by atoms with E-state index in [4.69, 9.17) is 14.4 Å². The van der Waals surface area contributed by atoms with Gasteiger partial charge in [-0.05, 0) is 12.1 Å². The maximum atomic E-state index is 13.6. The number of benzene rings is 2. The lowest BCUT2D eigenvalue weighted by molar-refractivity contribution is -0.0276. The number of aryl methyl sites for hydroxylation is 1. The second kappa shape index (κ2) is 8.16. The molecule has 1 fully saturated rings. The van der Waals surface area contributed by atoms with E-state index >= 15 is 0 Å². The third-order valence-corrected chi connectivity index (χ3v) is 5.20. The van der Waals surface area contributed by atoms with Crippen LogP contribution in [-0.4, -0.2) is 50.4 Å². The SMILES string of the molecule is Cc1nc([C@H]2CN(C(=O)c3cn(-c4ccccc4)nc3-c3ccccc3)CCO2)no1. The number of para-hydroxylation sites is 1. The Kier molecular flexibility index (Phi) is 5.05. The molecule has 8 heteroatoms. The summed E-state index contributed by atoms with van der Waals surface area (Å²) in [7, 11) is 0. The quantitative estimate of drug-likeness (QED) is 0.508. The molecule has 0 spiro atoms. The summed E-state index contributed by atoms with van der Waals surface area (Å²) in [6.07, 6.45) is 1.38. The van der Waals surface area contributed by atoms with Crippen molar-refractivity contribution in [3.05, 3.63) is 84.1 Å². The molecule has 4 aromatic rings. The van der Waals surface area contributed by atoms with E-state index < -0.39 is 6.10 Å². The number of carbonyl (C=O) groups is 1. The van der Waals surface area contributed by atoms with E-state index in [1.54, 1.807) is 22.7 Å². The molecule has 1 amide bonds. The van der Waals surface area contributed by atoms with Crippen LogP contribution >= 0.6 is 0 Å². The predicted octanol–water partition coefficient (Wildman–Crippen LogP) is 3.44.